The van der Waals surface area contributed by atoms with Gasteiger partial charge in [-0.2, -0.15) is 5.10 Å². The maximum Gasteiger partial charge on any atom is 0.345 e. The third-order valence-electron chi connectivity index (χ3n) is 5.50. The minimum absolute atomic E-state index is 0.0597. The number of thiophene rings is 1. The van der Waals surface area contributed by atoms with Crippen LogP contribution >= 0.6 is 11.3 Å². The molecule has 2 aromatic heterocycles. The maximum atomic E-state index is 12.7. The maximum absolute atomic E-state index is 12.7. The van der Waals surface area contributed by atoms with Crippen LogP contribution in [0.3, 0.4) is 0 Å². The van der Waals surface area contributed by atoms with E-state index in [9.17, 15) is 14.7 Å². The van der Waals surface area contributed by atoms with E-state index in [1.54, 1.807) is 10.7 Å². The van der Waals surface area contributed by atoms with E-state index < -0.39 is 11.6 Å². The van der Waals surface area contributed by atoms with Crippen molar-refractivity contribution in [2.45, 2.75) is 45.3 Å². The summed E-state index contributed by atoms with van der Waals surface area (Å²) in [5.74, 6) is -0.827. The minimum atomic E-state index is -0.887. The highest BCUT2D eigenvalue weighted by molar-refractivity contribution is 7.14. The highest BCUT2D eigenvalue weighted by Gasteiger charge is 2.43. The van der Waals surface area contributed by atoms with E-state index in [2.05, 4.69) is 5.10 Å². The second-order valence-electron chi connectivity index (χ2n) is 7.33. The van der Waals surface area contributed by atoms with Gasteiger partial charge in [0.05, 0.1) is 12.3 Å². The van der Waals surface area contributed by atoms with Crippen LogP contribution in [0.15, 0.2) is 12.1 Å². The molecule has 0 unspecified atom stereocenters. The summed E-state index contributed by atoms with van der Waals surface area (Å²) in [6.07, 6.45) is 2.15. The molecule has 4 heterocycles. The Hall–Kier alpha value is -2.19. The van der Waals surface area contributed by atoms with Crippen molar-refractivity contribution >= 4 is 23.2 Å². The van der Waals surface area contributed by atoms with Crippen molar-refractivity contribution < 1.29 is 19.4 Å². The van der Waals surface area contributed by atoms with Crippen LogP contribution < -0.4 is 0 Å². The predicted octanol–water partition coefficient (Wildman–Crippen LogP) is 2.35. The number of rotatable bonds is 3. The predicted molar refractivity (Wildman–Crippen MR) is 100 cm³/mol. The lowest BCUT2D eigenvalue weighted by atomic mass is 9.85. The molecular formula is C19H23N3O4S. The van der Waals surface area contributed by atoms with E-state index >= 15 is 0 Å². The second-order valence-corrected chi connectivity index (χ2v) is 8.38. The number of amides is 1. The molecule has 144 valence electrons. The lowest BCUT2D eigenvalue weighted by Crippen LogP contribution is -2.48. The molecule has 0 radical (unpaired) electrons. The van der Waals surface area contributed by atoms with E-state index in [-0.39, 0.29) is 12.5 Å². The molecule has 1 saturated heterocycles. The summed E-state index contributed by atoms with van der Waals surface area (Å²) in [4.78, 5) is 27.3. The Morgan fingerprint density at radius 3 is 2.67 bits per heavy atom. The highest BCUT2D eigenvalue weighted by Crippen LogP contribution is 2.45. The molecule has 0 aliphatic carbocycles. The Morgan fingerprint density at radius 2 is 2.04 bits per heavy atom. The number of ether oxygens (including phenoxy) is 1. The molecule has 0 bridgehead atoms. The van der Waals surface area contributed by atoms with Crippen LogP contribution in [0.5, 0.6) is 0 Å². The van der Waals surface area contributed by atoms with Gasteiger partial charge < -0.3 is 14.7 Å². The summed E-state index contributed by atoms with van der Waals surface area (Å²) < 4.78 is 7.90. The molecule has 1 spiro atoms. The number of nitrogens with zero attached hydrogens (tertiary/aromatic N) is 3. The molecule has 4 rings (SSSR count). The smallest absolute Gasteiger partial charge is 0.345 e. The van der Waals surface area contributed by atoms with Crippen LogP contribution in [0.25, 0.3) is 0 Å². The van der Waals surface area contributed by atoms with Gasteiger partial charge in [-0.3, -0.25) is 9.48 Å². The molecule has 1 N–H and O–H groups in total. The second kappa shape index (κ2) is 6.76. The van der Waals surface area contributed by atoms with Gasteiger partial charge >= 0.3 is 5.97 Å². The molecule has 1 fully saturated rings. The van der Waals surface area contributed by atoms with Crippen LogP contribution in [-0.2, 0) is 28.1 Å². The Kier molecular flexibility index (Phi) is 4.55. The number of aryl methyl sites for hydroxylation is 2. The van der Waals surface area contributed by atoms with Gasteiger partial charge in [0.15, 0.2) is 0 Å². The minimum Gasteiger partial charge on any atom is -0.477 e. The summed E-state index contributed by atoms with van der Waals surface area (Å²) >= 11 is 1.32. The third kappa shape index (κ3) is 3.27. The summed E-state index contributed by atoms with van der Waals surface area (Å²) in [5, 5.41) is 13.7. The number of carboxylic acid groups (broad SMARTS) is 1. The zero-order valence-corrected chi connectivity index (χ0v) is 16.3. The van der Waals surface area contributed by atoms with Gasteiger partial charge in [-0.15, -0.1) is 11.3 Å². The standard InChI is InChI=1S/C19H23N3O4S/c1-12-9-13(2)22(20-12)11-16(23)21-6-4-19(5-7-21)17-14(3-8-26-19)10-15(27-17)18(24)25/h9-10H,3-8,11H2,1-2H3,(H,24,25). The van der Waals surface area contributed by atoms with Crippen molar-refractivity contribution in [3.8, 4) is 0 Å². The topological polar surface area (TPSA) is 84.7 Å². The van der Waals surface area contributed by atoms with E-state index in [1.165, 1.54) is 11.3 Å². The van der Waals surface area contributed by atoms with Crippen LogP contribution in [0.2, 0.25) is 0 Å². The number of hydrogen-bond donors (Lipinski definition) is 1. The van der Waals surface area contributed by atoms with Crippen LogP contribution in [0.1, 0.15) is 44.3 Å². The SMILES string of the molecule is Cc1cc(C)n(CC(=O)N2CCC3(CC2)OCCc2cc(C(=O)O)sc23)n1. The number of likely N-dealkylation sites (tertiary alicyclic amines) is 1. The molecule has 27 heavy (non-hydrogen) atoms. The van der Waals surface area contributed by atoms with Crippen molar-refractivity contribution in [1.82, 2.24) is 14.7 Å². The Bertz CT molecular complexity index is 893. The number of piperidine rings is 1. The van der Waals surface area contributed by atoms with Gasteiger partial charge in [0.2, 0.25) is 5.91 Å². The normalized spacial score (nSPS) is 18.5. The number of carbonyl (C=O) groups excluding carboxylic acids is 1. The molecule has 7 nitrogen and oxygen atoms in total. The van der Waals surface area contributed by atoms with Crippen LogP contribution in [0, 0.1) is 13.8 Å². The molecule has 0 aromatic carbocycles. The van der Waals surface area contributed by atoms with Crippen LogP contribution in [0.4, 0.5) is 0 Å². The lowest BCUT2D eigenvalue weighted by molar-refractivity contribution is -0.141. The number of aromatic carboxylic acids is 1. The fourth-order valence-electron chi connectivity index (χ4n) is 4.08. The first-order chi connectivity index (χ1) is 12.9. The molecule has 1 amide bonds. The van der Waals surface area contributed by atoms with Gasteiger partial charge in [0, 0.05) is 23.7 Å². The number of fused-ring (bicyclic) bond motifs is 2. The molecule has 0 atom stereocenters. The van der Waals surface area contributed by atoms with E-state index in [0.29, 0.717) is 37.4 Å². The van der Waals surface area contributed by atoms with E-state index in [4.69, 9.17) is 4.74 Å². The molecule has 2 aliphatic heterocycles. The first-order valence-corrected chi connectivity index (χ1v) is 9.99. The lowest BCUT2D eigenvalue weighted by Gasteiger charge is -2.43. The van der Waals surface area contributed by atoms with E-state index in [1.807, 2.05) is 24.8 Å². The number of hydrogen-bond acceptors (Lipinski definition) is 5. The van der Waals surface area contributed by atoms with E-state index in [0.717, 1.165) is 28.2 Å². The van der Waals surface area contributed by atoms with Crippen molar-refractivity contribution in [2.75, 3.05) is 19.7 Å². The third-order valence-corrected chi connectivity index (χ3v) is 6.85. The fraction of sp³-hybridized carbons (Fsp3) is 0.526. The zero-order chi connectivity index (χ0) is 19.2. The van der Waals surface area contributed by atoms with Gasteiger partial charge in [0.25, 0.3) is 0 Å². The van der Waals surface area contributed by atoms with Crippen molar-refractivity contribution in [2.24, 2.45) is 0 Å². The van der Waals surface area contributed by atoms with Gasteiger partial charge in [0.1, 0.15) is 17.0 Å². The Morgan fingerprint density at radius 1 is 1.30 bits per heavy atom. The fourth-order valence-corrected chi connectivity index (χ4v) is 5.33. The van der Waals surface area contributed by atoms with Gasteiger partial charge in [-0.1, -0.05) is 0 Å². The van der Waals surface area contributed by atoms with Gasteiger partial charge in [-0.05, 0) is 50.8 Å². The quantitative estimate of drug-likeness (QED) is 0.871. The van der Waals surface area contributed by atoms with Crippen LogP contribution in [-0.4, -0.2) is 51.4 Å². The summed E-state index contributed by atoms with van der Waals surface area (Å²) in [6.45, 7) is 5.94. The molecule has 2 aromatic rings. The zero-order valence-electron chi connectivity index (χ0n) is 15.5. The average Bonchev–Trinajstić information content (AvgIpc) is 3.20. The van der Waals surface area contributed by atoms with Crippen molar-refractivity contribution in [3.63, 3.8) is 0 Å². The van der Waals surface area contributed by atoms with Crippen molar-refractivity contribution in [3.05, 3.63) is 38.8 Å². The number of carbonyl (C=O) groups is 2. The average molecular weight is 389 g/mol. The summed E-state index contributed by atoms with van der Waals surface area (Å²) in [6, 6.07) is 3.75. The monoisotopic (exact) mass is 389 g/mol. The first kappa shape index (κ1) is 18.2. The first-order valence-electron chi connectivity index (χ1n) is 9.17. The highest BCUT2D eigenvalue weighted by atomic mass is 32.1. The van der Waals surface area contributed by atoms with Crippen molar-refractivity contribution in [1.29, 1.82) is 0 Å². The number of aromatic nitrogens is 2. The number of carboxylic acids is 1. The molecule has 8 heteroatoms. The summed E-state index contributed by atoms with van der Waals surface area (Å²) in [5.41, 5.74) is 2.54. The summed E-state index contributed by atoms with van der Waals surface area (Å²) in [7, 11) is 0. The largest absolute Gasteiger partial charge is 0.477 e. The Labute approximate surface area is 161 Å². The van der Waals surface area contributed by atoms with Gasteiger partial charge in [-0.25, -0.2) is 4.79 Å². The molecular weight excluding hydrogens is 366 g/mol. The molecule has 2 aliphatic rings. The Balaban J connectivity index is 1.47. The molecule has 0 saturated carbocycles.